The molecule has 88 valence electrons. The first kappa shape index (κ1) is 10.5. The largest absolute Gasteiger partial charge is 0.316 e. The minimum Gasteiger partial charge on any atom is -0.316 e. The molecule has 4 nitrogen and oxygen atoms in total. The third-order valence-electron chi connectivity index (χ3n) is 3.36. The normalized spacial score (nSPS) is 19.9. The summed E-state index contributed by atoms with van der Waals surface area (Å²) in [4.78, 5) is 11.7. The highest BCUT2D eigenvalue weighted by Crippen LogP contribution is 2.14. The van der Waals surface area contributed by atoms with E-state index < -0.39 is 0 Å². The van der Waals surface area contributed by atoms with E-state index in [-0.39, 0.29) is 5.43 Å². The fourth-order valence-corrected chi connectivity index (χ4v) is 2.42. The number of aromatic nitrogens is 2. The van der Waals surface area contributed by atoms with Crippen LogP contribution in [0.1, 0.15) is 6.42 Å². The average Bonchev–Trinajstić information content (AvgIpc) is 2.86. The Morgan fingerprint density at radius 2 is 2.29 bits per heavy atom. The van der Waals surface area contributed by atoms with Crippen LogP contribution in [0.5, 0.6) is 0 Å². The van der Waals surface area contributed by atoms with Gasteiger partial charge in [-0.1, -0.05) is 12.1 Å². The summed E-state index contributed by atoms with van der Waals surface area (Å²) in [6.07, 6.45) is 2.60. The number of nitrogens with one attached hydrogen (secondary N) is 1. The highest BCUT2D eigenvalue weighted by atomic mass is 16.1. The summed E-state index contributed by atoms with van der Waals surface area (Å²) >= 11 is 0. The maximum absolute atomic E-state index is 11.7. The number of rotatable bonds is 2. The summed E-state index contributed by atoms with van der Waals surface area (Å²) in [5.74, 6) is 0.619. The molecule has 0 amide bonds. The molecular formula is C13H15N3O. The van der Waals surface area contributed by atoms with E-state index in [4.69, 9.17) is 0 Å². The highest BCUT2D eigenvalue weighted by Gasteiger charge is 2.16. The molecule has 1 saturated heterocycles. The Balaban J connectivity index is 2.04. The zero-order valence-electron chi connectivity index (χ0n) is 9.60. The molecule has 1 N–H and O–H groups in total. The third-order valence-corrected chi connectivity index (χ3v) is 3.36. The van der Waals surface area contributed by atoms with Gasteiger partial charge in [-0.05, 0) is 37.6 Å². The topological polar surface area (TPSA) is 46.9 Å². The summed E-state index contributed by atoms with van der Waals surface area (Å²) in [5.41, 5.74) is 0.938. The summed E-state index contributed by atoms with van der Waals surface area (Å²) in [6.45, 7) is 3.01. The van der Waals surface area contributed by atoms with Gasteiger partial charge >= 0.3 is 0 Å². The quantitative estimate of drug-likeness (QED) is 0.836. The Labute approximate surface area is 99.3 Å². The van der Waals surface area contributed by atoms with Gasteiger partial charge in [-0.15, -0.1) is 0 Å². The van der Waals surface area contributed by atoms with Crippen LogP contribution in [0.2, 0.25) is 0 Å². The van der Waals surface area contributed by atoms with Gasteiger partial charge in [0.2, 0.25) is 5.43 Å². The van der Waals surface area contributed by atoms with Crippen molar-refractivity contribution < 1.29 is 0 Å². The molecule has 1 atom stereocenters. The second kappa shape index (κ2) is 4.30. The lowest BCUT2D eigenvalue weighted by molar-refractivity contribution is 0.455. The van der Waals surface area contributed by atoms with Gasteiger partial charge in [0.05, 0.1) is 11.7 Å². The second-order valence-corrected chi connectivity index (χ2v) is 4.57. The van der Waals surface area contributed by atoms with Crippen molar-refractivity contribution in [3.63, 3.8) is 0 Å². The molecule has 1 unspecified atom stereocenters. The van der Waals surface area contributed by atoms with Gasteiger partial charge < -0.3 is 5.32 Å². The Kier molecular flexibility index (Phi) is 2.65. The van der Waals surface area contributed by atoms with Gasteiger partial charge in [0.25, 0.3) is 0 Å². The van der Waals surface area contributed by atoms with E-state index in [0.29, 0.717) is 5.92 Å². The van der Waals surface area contributed by atoms with E-state index in [1.807, 2.05) is 28.9 Å². The maximum Gasteiger partial charge on any atom is 0.207 e. The predicted octanol–water partition coefficient (Wildman–Crippen LogP) is 1.01. The van der Waals surface area contributed by atoms with Crippen molar-refractivity contribution in [2.24, 2.45) is 5.92 Å². The van der Waals surface area contributed by atoms with E-state index in [1.54, 1.807) is 0 Å². The maximum atomic E-state index is 11.7. The van der Waals surface area contributed by atoms with E-state index >= 15 is 0 Å². The van der Waals surface area contributed by atoms with Crippen molar-refractivity contribution in [3.8, 4) is 0 Å². The molecule has 1 aromatic heterocycles. The minimum atomic E-state index is 0.00129. The highest BCUT2D eigenvalue weighted by molar-refractivity contribution is 5.77. The van der Waals surface area contributed by atoms with Crippen LogP contribution in [0, 0.1) is 5.92 Å². The monoisotopic (exact) mass is 229 g/mol. The Bertz CT molecular complexity index is 584. The number of hydrogen-bond donors (Lipinski definition) is 1. The molecule has 4 heteroatoms. The summed E-state index contributed by atoms with van der Waals surface area (Å²) in [5, 5.41) is 8.35. The van der Waals surface area contributed by atoms with Crippen molar-refractivity contribution in [2.75, 3.05) is 13.1 Å². The van der Waals surface area contributed by atoms with Crippen LogP contribution >= 0.6 is 0 Å². The average molecular weight is 229 g/mol. The van der Waals surface area contributed by atoms with Gasteiger partial charge in [0.1, 0.15) is 0 Å². The molecule has 0 saturated carbocycles. The van der Waals surface area contributed by atoms with E-state index in [9.17, 15) is 4.79 Å². The molecule has 1 fully saturated rings. The first-order chi connectivity index (χ1) is 8.34. The summed E-state index contributed by atoms with van der Waals surface area (Å²) < 4.78 is 1.95. The van der Waals surface area contributed by atoms with Crippen molar-refractivity contribution in [3.05, 3.63) is 40.7 Å². The molecule has 0 bridgehead atoms. The fourth-order valence-electron chi connectivity index (χ4n) is 2.42. The lowest BCUT2D eigenvalue weighted by atomic mass is 10.1. The SMILES string of the molecule is O=c1cnn(CC2CCNC2)c2ccccc12. The molecular weight excluding hydrogens is 214 g/mol. The van der Waals surface area contributed by atoms with Gasteiger partial charge in [0, 0.05) is 11.9 Å². The van der Waals surface area contributed by atoms with E-state index in [0.717, 1.165) is 30.5 Å². The van der Waals surface area contributed by atoms with Crippen LogP contribution in [0.3, 0.4) is 0 Å². The minimum absolute atomic E-state index is 0.00129. The van der Waals surface area contributed by atoms with Crippen molar-refractivity contribution in [1.82, 2.24) is 15.1 Å². The Morgan fingerprint density at radius 1 is 1.41 bits per heavy atom. The van der Waals surface area contributed by atoms with Crippen molar-refractivity contribution in [1.29, 1.82) is 0 Å². The molecule has 1 aliphatic heterocycles. The smallest absolute Gasteiger partial charge is 0.207 e. The standard InChI is InChI=1S/C13H15N3O/c17-13-8-15-16(9-10-5-6-14-7-10)12-4-2-1-3-11(12)13/h1-4,8,10,14H,5-7,9H2. The van der Waals surface area contributed by atoms with Gasteiger partial charge in [-0.3, -0.25) is 9.48 Å². The number of nitrogens with zero attached hydrogens (tertiary/aromatic N) is 2. The van der Waals surface area contributed by atoms with E-state index in [2.05, 4.69) is 10.4 Å². The Hall–Kier alpha value is -1.68. The van der Waals surface area contributed by atoms with Gasteiger partial charge in [0.15, 0.2) is 0 Å². The van der Waals surface area contributed by atoms with Gasteiger partial charge in [-0.2, -0.15) is 5.10 Å². The Morgan fingerprint density at radius 3 is 3.12 bits per heavy atom. The van der Waals surface area contributed by atoms with E-state index in [1.165, 1.54) is 12.6 Å². The molecule has 1 aliphatic rings. The molecule has 2 aromatic rings. The first-order valence-electron chi connectivity index (χ1n) is 6.00. The van der Waals surface area contributed by atoms with Crippen LogP contribution in [0.15, 0.2) is 35.3 Å². The van der Waals surface area contributed by atoms with Crippen molar-refractivity contribution in [2.45, 2.75) is 13.0 Å². The number of benzene rings is 1. The summed E-state index contributed by atoms with van der Waals surface area (Å²) in [7, 11) is 0. The van der Waals surface area contributed by atoms with Crippen LogP contribution in [0.4, 0.5) is 0 Å². The third kappa shape index (κ3) is 1.96. The van der Waals surface area contributed by atoms with Crippen LogP contribution in [0.25, 0.3) is 10.9 Å². The molecule has 0 spiro atoms. The first-order valence-corrected chi connectivity index (χ1v) is 6.00. The molecule has 3 rings (SSSR count). The number of hydrogen-bond acceptors (Lipinski definition) is 3. The zero-order chi connectivity index (χ0) is 11.7. The molecule has 2 heterocycles. The van der Waals surface area contributed by atoms with Crippen LogP contribution in [-0.2, 0) is 6.54 Å². The fraction of sp³-hybridized carbons (Fsp3) is 0.385. The predicted molar refractivity (Wildman–Crippen MR) is 67.0 cm³/mol. The summed E-state index contributed by atoms with van der Waals surface area (Å²) in [6, 6.07) is 7.67. The number of fused-ring (bicyclic) bond motifs is 1. The molecule has 1 aromatic carbocycles. The van der Waals surface area contributed by atoms with Crippen LogP contribution < -0.4 is 10.7 Å². The number of para-hydroxylation sites is 1. The van der Waals surface area contributed by atoms with Crippen LogP contribution in [-0.4, -0.2) is 22.9 Å². The zero-order valence-corrected chi connectivity index (χ0v) is 9.60. The van der Waals surface area contributed by atoms with Gasteiger partial charge in [-0.25, -0.2) is 0 Å². The van der Waals surface area contributed by atoms with Crippen molar-refractivity contribution >= 4 is 10.9 Å². The molecule has 0 radical (unpaired) electrons. The lowest BCUT2D eigenvalue weighted by Gasteiger charge is -2.12. The molecule has 0 aliphatic carbocycles. The lowest BCUT2D eigenvalue weighted by Crippen LogP contribution is -2.19. The second-order valence-electron chi connectivity index (χ2n) is 4.57. The molecule has 17 heavy (non-hydrogen) atoms.